The number of aliphatic imine (C=N–C) groups is 1. The van der Waals surface area contributed by atoms with Crippen LogP contribution in [0.5, 0.6) is 0 Å². The van der Waals surface area contributed by atoms with Crippen molar-refractivity contribution in [2.75, 3.05) is 16.2 Å². The maximum atomic E-state index is 13.0. The van der Waals surface area contributed by atoms with Gasteiger partial charge in [0.1, 0.15) is 0 Å². The Hall–Kier alpha value is -3.39. The van der Waals surface area contributed by atoms with Gasteiger partial charge in [0, 0.05) is 35.4 Å². The summed E-state index contributed by atoms with van der Waals surface area (Å²) in [5.74, 6) is 0.131. The lowest BCUT2D eigenvalue weighted by Gasteiger charge is -2.20. The van der Waals surface area contributed by atoms with Crippen LogP contribution in [0, 0.1) is 13.8 Å². The van der Waals surface area contributed by atoms with Crippen LogP contribution in [0.25, 0.3) is 11.1 Å². The van der Waals surface area contributed by atoms with E-state index in [9.17, 15) is 8.42 Å². The summed E-state index contributed by atoms with van der Waals surface area (Å²) in [6, 6.07) is 14.6. The standard InChI is InChI=1S/C21H20N4O3S/c1-15-16(2)23-28-21(15)24-29(26,27)20-6-4-3-5-19(20)17-7-9-18(10-8-17)25-13-11-22-12-14-25/h3-13,24H,14H2,1-2H3. The van der Waals surface area contributed by atoms with Gasteiger partial charge in [-0.1, -0.05) is 35.5 Å². The molecule has 0 bridgehead atoms. The fourth-order valence-electron chi connectivity index (χ4n) is 3.03. The number of rotatable bonds is 5. The normalized spacial score (nSPS) is 13.7. The molecule has 0 radical (unpaired) electrons. The summed E-state index contributed by atoms with van der Waals surface area (Å²) < 4.78 is 33.7. The molecule has 0 saturated heterocycles. The highest BCUT2D eigenvalue weighted by Gasteiger charge is 2.22. The number of aryl methyl sites for hydroxylation is 1. The van der Waals surface area contributed by atoms with E-state index < -0.39 is 10.0 Å². The topological polar surface area (TPSA) is 87.8 Å². The number of benzene rings is 2. The molecule has 0 aliphatic carbocycles. The van der Waals surface area contributed by atoms with E-state index in [0.29, 0.717) is 23.4 Å². The van der Waals surface area contributed by atoms with Crippen LogP contribution in [0.4, 0.5) is 11.6 Å². The lowest BCUT2D eigenvalue weighted by atomic mass is 10.1. The third kappa shape index (κ3) is 3.79. The fourth-order valence-corrected chi connectivity index (χ4v) is 4.30. The van der Waals surface area contributed by atoms with Crippen molar-refractivity contribution in [3.8, 4) is 11.1 Å². The molecule has 4 rings (SSSR count). The van der Waals surface area contributed by atoms with E-state index in [2.05, 4.69) is 19.8 Å². The summed E-state index contributed by atoms with van der Waals surface area (Å²) in [4.78, 5) is 6.29. The van der Waals surface area contributed by atoms with Crippen molar-refractivity contribution < 1.29 is 12.9 Å². The van der Waals surface area contributed by atoms with Crippen molar-refractivity contribution in [3.63, 3.8) is 0 Å². The van der Waals surface area contributed by atoms with Crippen molar-refractivity contribution in [1.82, 2.24) is 5.16 Å². The first-order valence-corrected chi connectivity index (χ1v) is 10.5. The predicted molar refractivity (Wildman–Crippen MR) is 114 cm³/mol. The van der Waals surface area contributed by atoms with Crippen molar-refractivity contribution >= 4 is 27.8 Å². The molecule has 0 unspecified atom stereocenters. The molecule has 1 N–H and O–H groups in total. The minimum Gasteiger partial charge on any atom is -0.341 e. The molecule has 0 atom stereocenters. The SMILES string of the molecule is Cc1noc(NS(=O)(=O)c2ccccc2-c2ccc(N3C=CN=CC3)cc2)c1C. The van der Waals surface area contributed by atoms with Crippen molar-refractivity contribution in [3.05, 3.63) is 72.2 Å². The first kappa shape index (κ1) is 18.9. The Morgan fingerprint density at radius 3 is 2.48 bits per heavy atom. The first-order chi connectivity index (χ1) is 14.0. The van der Waals surface area contributed by atoms with Gasteiger partial charge in [0.25, 0.3) is 10.0 Å². The average Bonchev–Trinajstić information content (AvgIpc) is 3.06. The zero-order valence-electron chi connectivity index (χ0n) is 16.0. The zero-order chi connectivity index (χ0) is 20.4. The second-order valence-electron chi connectivity index (χ2n) is 6.65. The summed E-state index contributed by atoms with van der Waals surface area (Å²) in [7, 11) is -3.85. The molecule has 3 aromatic rings. The van der Waals surface area contributed by atoms with E-state index in [1.54, 1.807) is 38.2 Å². The second kappa shape index (κ2) is 7.56. The van der Waals surface area contributed by atoms with Gasteiger partial charge in [-0.05, 0) is 37.6 Å². The lowest BCUT2D eigenvalue weighted by Crippen LogP contribution is -2.20. The number of nitrogens with one attached hydrogen (secondary N) is 1. The van der Waals surface area contributed by atoms with Crippen LogP contribution in [-0.2, 0) is 10.0 Å². The highest BCUT2D eigenvalue weighted by molar-refractivity contribution is 7.92. The van der Waals surface area contributed by atoms with Gasteiger partial charge in [-0.2, -0.15) is 0 Å². The molecule has 1 aliphatic heterocycles. The summed E-state index contributed by atoms with van der Waals surface area (Å²) in [5.41, 5.74) is 3.71. The quantitative estimate of drug-likeness (QED) is 0.686. The van der Waals surface area contributed by atoms with Crippen LogP contribution in [0.2, 0.25) is 0 Å². The average molecular weight is 408 g/mol. The molecule has 0 spiro atoms. The van der Waals surface area contributed by atoms with E-state index >= 15 is 0 Å². The van der Waals surface area contributed by atoms with Gasteiger partial charge < -0.3 is 9.42 Å². The maximum Gasteiger partial charge on any atom is 0.264 e. The summed E-state index contributed by atoms with van der Waals surface area (Å²) >= 11 is 0. The predicted octanol–water partition coefficient (Wildman–Crippen LogP) is 4.12. The maximum absolute atomic E-state index is 13.0. The van der Waals surface area contributed by atoms with Gasteiger partial charge >= 0.3 is 0 Å². The van der Waals surface area contributed by atoms with Crippen molar-refractivity contribution in [1.29, 1.82) is 0 Å². The van der Waals surface area contributed by atoms with Crippen LogP contribution in [0.3, 0.4) is 0 Å². The number of aromatic nitrogens is 1. The second-order valence-corrected chi connectivity index (χ2v) is 8.30. The molecular formula is C21H20N4O3S. The molecule has 29 heavy (non-hydrogen) atoms. The Labute approximate surface area is 169 Å². The Bertz CT molecular complexity index is 1190. The molecule has 2 aromatic carbocycles. The molecule has 2 heterocycles. The largest absolute Gasteiger partial charge is 0.341 e. The van der Waals surface area contributed by atoms with Crippen LogP contribution >= 0.6 is 0 Å². The minimum atomic E-state index is -3.85. The molecule has 7 nitrogen and oxygen atoms in total. The number of hydrogen-bond donors (Lipinski definition) is 1. The van der Waals surface area contributed by atoms with Crippen LogP contribution in [0.1, 0.15) is 11.3 Å². The Kier molecular flexibility index (Phi) is 4.94. The van der Waals surface area contributed by atoms with Gasteiger partial charge in [-0.15, -0.1) is 0 Å². The Balaban J connectivity index is 1.67. The van der Waals surface area contributed by atoms with Crippen LogP contribution in [0.15, 0.2) is 75.3 Å². The first-order valence-electron chi connectivity index (χ1n) is 9.06. The van der Waals surface area contributed by atoms with Crippen LogP contribution in [-0.4, -0.2) is 26.3 Å². The van der Waals surface area contributed by atoms with Gasteiger partial charge in [0.15, 0.2) is 0 Å². The van der Waals surface area contributed by atoms with Crippen molar-refractivity contribution in [2.24, 2.45) is 4.99 Å². The number of nitrogens with zero attached hydrogens (tertiary/aromatic N) is 3. The molecule has 0 fully saturated rings. The fraction of sp³-hybridized carbons (Fsp3) is 0.143. The Morgan fingerprint density at radius 2 is 1.83 bits per heavy atom. The van der Waals surface area contributed by atoms with E-state index in [4.69, 9.17) is 4.52 Å². The minimum absolute atomic E-state index is 0.131. The van der Waals surface area contributed by atoms with Gasteiger partial charge in [-0.3, -0.25) is 4.99 Å². The highest BCUT2D eigenvalue weighted by atomic mass is 32.2. The summed E-state index contributed by atoms with van der Waals surface area (Å²) in [6.07, 6.45) is 5.46. The van der Waals surface area contributed by atoms with E-state index in [1.165, 1.54) is 0 Å². The number of hydrogen-bond acceptors (Lipinski definition) is 6. The molecule has 148 valence electrons. The Morgan fingerprint density at radius 1 is 1.07 bits per heavy atom. The molecular weight excluding hydrogens is 388 g/mol. The lowest BCUT2D eigenvalue weighted by molar-refractivity contribution is 0.430. The number of anilines is 2. The van der Waals surface area contributed by atoms with Gasteiger partial charge in [0.2, 0.25) is 5.88 Å². The summed E-state index contributed by atoms with van der Waals surface area (Å²) in [6.45, 7) is 4.21. The number of sulfonamides is 1. The van der Waals surface area contributed by atoms with Crippen molar-refractivity contribution in [2.45, 2.75) is 18.7 Å². The molecule has 8 heteroatoms. The zero-order valence-corrected chi connectivity index (χ0v) is 16.8. The van der Waals surface area contributed by atoms with Gasteiger partial charge in [0.05, 0.1) is 17.1 Å². The molecule has 1 aliphatic rings. The smallest absolute Gasteiger partial charge is 0.264 e. The van der Waals surface area contributed by atoms with Crippen LogP contribution < -0.4 is 9.62 Å². The molecule has 0 saturated carbocycles. The summed E-state index contributed by atoms with van der Waals surface area (Å²) in [5, 5.41) is 3.81. The molecule has 0 amide bonds. The third-order valence-corrected chi connectivity index (χ3v) is 6.18. The monoisotopic (exact) mass is 408 g/mol. The van der Waals surface area contributed by atoms with E-state index in [1.807, 2.05) is 42.7 Å². The van der Waals surface area contributed by atoms with E-state index in [-0.39, 0.29) is 10.8 Å². The van der Waals surface area contributed by atoms with E-state index in [0.717, 1.165) is 11.3 Å². The van der Waals surface area contributed by atoms with Gasteiger partial charge in [-0.25, -0.2) is 13.1 Å². The highest BCUT2D eigenvalue weighted by Crippen LogP contribution is 2.31. The third-order valence-electron chi connectivity index (χ3n) is 4.79. The molecule has 1 aromatic heterocycles.